The largest absolute Gasteiger partial charge is 0.338 e. The quantitative estimate of drug-likeness (QED) is 0.844. The van der Waals surface area contributed by atoms with Gasteiger partial charge in [0.25, 0.3) is 0 Å². The van der Waals surface area contributed by atoms with E-state index in [1.54, 1.807) is 0 Å². The molecule has 0 amide bonds. The predicted molar refractivity (Wildman–Crippen MR) is 79.7 cm³/mol. The molecule has 6 nitrogen and oxygen atoms in total. The molecule has 1 aromatic rings. The topological polar surface area (TPSA) is 74.1 Å². The standard InChI is InChI=1S/C14H26N6/c1-11-4-9-20(10-12(11)15)14-16-13(17-18-14)5-8-19-6-2-3-7-19/h11-12H,2-10,15H2,1H3,(H,16,17,18). The monoisotopic (exact) mass is 278 g/mol. The molecule has 2 aliphatic heterocycles. The highest BCUT2D eigenvalue weighted by Crippen LogP contribution is 2.19. The molecule has 2 fully saturated rings. The summed E-state index contributed by atoms with van der Waals surface area (Å²) in [5.74, 6) is 2.42. The molecule has 2 atom stereocenters. The maximum absolute atomic E-state index is 6.14. The molecule has 0 spiro atoms. The van der Waals surface area contributed by atoms with E-state index >= 15 is 0 Å². The molecular weight excluding hydrogens is 252 g/mol. The van der Waals surface area contributed by atoms with E-state index in [2.05, 4.69) is 31.9 Å². The van der Waals surface area contributed by atoms with Crippen molar-refractivity contribution >= 4 is 5.95 Å². The van der Waals surface area contributed by atoms with Gasteiger partial charge in [-0.3, -0.25) is 5.10 Å². The number of aromatic nitrogens is 3. The molecule has 1 aromatic heterocycles. The van der Waals surface area contributed by atoms with Gasteiger partial charge < -0.3 is 15.5 Å². The van der Waals surface area contributed by atoms with Crippen LogP contribution in [0, 0.1) is 5.92 Å². The molecule has 2 saturated heterocycles. The van der Waals surface area contributed by atoms with Crippen LogP contribution in [-0.2, 0) is 6.42 Å². The smallest absolute Gasteiger partial charge is 0.244 e. The Bertz CT molecular complexity index is 425. The van der Waals surface area contributed by atoms with E-state index in [0.717, 1.165) is 44.2 Å². The van der Waals surface area contributed by atoms with Gasteiger partial charge in [-0.2, -0.15) is 4.98 Å². The van der Waals surface area contributed by atoms with Gasteiger partial charge in [0.1, 0.15) is 5.82 Å². The Hall–Kier alpha value is -1.14. The molecule has 3 N–H and O–H groups in total. The zero-order valence-corrected chi connectivity index (χ0v) is 12.4. The lowest BCUT2D eigenvalue weighted by atomic mass is 9.95. The van der Waals surface area contributed by atoms with Gasteiger partial charge in [-0.1, -0.05) is 6.92 Å². The second-order valence-corrected chi connectivity index (χ2v) is 6.26. The zero-order chi connectivity index (χ0) is 13.9. The Morgan fingerprint density at radius 1 is 1.30 bits per heavy atom. The summed E-state index contributed by atoms with van der Waals surface area (Å²) in [5, 5.41) is 7.44. The Morgan fingerprint density at radius 3 is 2.85 bits per heavy atom. The number of H-pyrrole nitrogens is 1. The van der Waals surface area contributed by atoms with Crippen LogP contribution < -0.4 is 10.6 Å². The number of hydrogen-bond donors (Lipinski definition) is 2. The van der Waals surface area contributed by atoms with Crippen LogP contribution in [0.5, 0.6) is 0 Å². The van der Waals surface area contributed by atoms with Crippen LogP contribution in [0.15, 0.2) is 0 Å². The van der Waals surface area contributed by atoms with E-state index in [-0.39, 0.29) is 6.04 Å². The molecule has 20 heavy (non-hydrogen) atoms. The number of nitrogens with zero attached hydrogens (tertiary/aromatic N) is 4. The third-order valence-electron chi connectivity index (χ3n) is 4.68. The highest BCUT2D eigenvalue weighted by atomic mass is 15.4. The summed E-state index contributed by atoms with van der Waals surface area (Å²) in [4.78, 5) is 9.34. The number of aromatic amines is 1. The normalized spacial score (nSPS) is 28.2. The van der Waals surface area contributed by atoms with E-state index in [1.807, 2.05) is 0 Å². The average molecular weight is 278 g/mol. The first-order chi connectivity index (χ1) is 9.72. The first-order valence-corrected chi connectivity index (χ1v) is 7.86. The van der Waals surface area contributed by atoms with E-state index in [1.165, 1.54) is 25.9 Å². The summed E-state index contributed by atoms with van der Waals surface area (Å²) >= 11 is 0. The minimum absolute atomic E-state index is 0.232. The number of piperidine rings is 1. The second kappa shape index (κ2) is 6.10. The number of hydrogen-bond acceptors (Lipinski definition) is 5. The lowest BCUT2D eigenvalue weighted by Crippen LogP contribution is -2.48. The molecule has 2 aliphatic rings. The lowest BCUT2D eigenvalue weighted by molar-refractivity contribution is 0.341. The second-order valence-electron chi connectivity index (χ2n) is 6.26. The van der Waals surface area contributed by atoms with E-state index in [0.29, 0.717) is 5.92 Å². The zero-order valence-electron chi connectivity index (χ0n) is 12.4. The van der Waals surface area contributed by atoms with Crippen LogP contribution in [-0.4, -0.2) is 58.8 Å². The first-order valence-electron chi connectivity index (χ1n) is 7.86. The molecule has 0 bridgehead atoms. The fourth-order valence-corrected chi connectivity index (χ4v) is 3.09. The van der Waals surface area contributed by atoms with E-state index < -0.39 is 0 Å². The summed E-state index contributed by atoms with van der Waals surface area (Å²) in [7, 11) is 0. The van der Waals surface area contributed by atoms with Gasteiger partial charge in [0, 0.05) is 32.1 Å². The molecule has 0 aliphatic carbocycles. The molecule has 0 saturated carbocycles. The van der Waals surface area contributed by atoms with Gasteiger partial charge in [0.15, 0.2) is 0 Å². The molecule has 3 rings (SSSR count). The maximum Gasteiger partial charge on any atom is 0.244 e. The number of nitrogens with two attached hydrogens (primary N) is 1. The van der Waals surface area contributed by atoms with Crippen LogP contribution in [0.4, 0.5) is 5.95 Å². The van der Waals surface area contributed by atoms with Gasteiger partial charge >= 0.3 is 0 Å². The summed E-state index contributed by atoms with van der Waals surface area (Å²) in [6, 6.07) is 0.232. The Morgan fingerprint density at radius 2 is 2.10 bits per heavy atom. The molecule has 0 radical (unpaired) electrons. The van der Waals surface area contributed by atoms with Crippen molar-refractivity contribution in [3.05, 3.63) is 5.82 Å². The highest BCUT2D eigenvalue weighted by Gasteiger charge is 2.25. The van der Waals surface area contributed by atoms with Crippen molar-refractivity contribution in [2.45, 2.75) is 38.6 Å². The van der Waals surface area contributed by atoms with Gasteiger partial charge in [0.2, 0.25) is 5.95 Å². The minimum atomic E-state index is 0.232. The SMILES string of the molecule is CC1CCN(c2n[nH]c(CCN3CCCC3)n2)CC1N. The fraction of sp³-hybridized carbons (Fsp3) is 0.857. The van der Waals surface area contributed by atoms with Crippen LogP contribution in [0.1, 0.15) is 32.0 Å². The molecule has 2 unspecified atom stereocenters. The fourth-order valence-electron chi connectivity index (χ4n) is 3.09. The molecule has 112 valence electrons. The van der Waals surface area contributed by atoms with Crippen molar-refractivity contribution in [3.63, 3.8) is 0 Å². The number of anilines is 1. The summed E-state index contributed by atoms with van der Waals surface area (Å²) in [5.41, 5.74) is 6.14. The molecule has 6 heteroatoms. The number of likely N-dealkylation sites (tertiary alicyclic amines) is 1. The van der Waals surface area contributed by atoms with Crippen LogP contribution in [0.2, 0.25) is 0 Å². The summed E-state index contributed by atoms with van der Waals surface area (Å²) < 4.78 is 0. The van der Waals surface area contributed by atoms with Crippen LogP contribution in [0.3, 0.4) is 0 Å². The molecular formula is C14H26N6. The average Bonchev–Trinajstić information content (AvgIpc) is 3.10. The predicted octanol–water partition coefficient (Wildman–Crippen LogP) is 0.617. The van der Waals surface area contributed by atoms with Crippen LogP contribution >= 0.6 is 0 Å². The Labute approximate surface area is 120 Å². The van der Waals surface area contributed by atoms with Crippen LogP contribution in [0.25, 0.3) is 0 Å². The third kappa shape index (κ3) is 3.12. The van der Waals surface area contributed by atoms with Crippen molar-refractivity contribution in [1.29, 1.82) is 0 Å². The van der Waals surface area contributed by atoms with E-state index in [4.69, 9.17) is 5.73 Å². The van der Waals surface area contributed by atoms with Crippen molar-refractivity contribution in [2.75, 3.05) is 37.6 Å². The third-order valence-corrected chi connectivity index (χ3v) is 4.68. The number of rotatable bonds is 4. The minimum Gasteiger partial charge on any atom is -0.338 e. The number of nitrogens with one attached hydrogen (secondary N) is 1. The Kier molecular flexibility index (Phi) is 4.21. The summed E-state index contributed by atoms with van der Waals surface area (Å²) in [6.07, 6.45) is 4.76. The first kappa shape index (κ1) is 13.8. The van der Waals surface area contributed by atoms with Gasteiger partial charge in [-0.15, -0.1) is 5.10 Å². The van der Waals surface area contributed by atoms with Gasteiger partial charge in [0.05, 0.1) is 0 Å². The maximum atomic E-state index is 6.14. The van der Waals surface area contributed by atoms with Gasteiger partial charge in [-0.25, -0.2) is 0 Å². The Balaban J connectivity index is 1.53. The highest BCUT2D eigenvalue weighted by molar-refractivity contribution is 5.30. The van der Waals surface area contributed by atoms with Gasteiger partial charge in [-0.05, 0) is 38.3 Å². The van der Waals surface area contributed by atoms with Crippen molar-refractivity contribution < 1.29 is 0 Å². The van der Waals surface area contributed by atoms with Crippen molar-refractivity contribution in [2.24, 2.45) is 11.7 Å². The lowest BCUT2D eigenvalue weighted by Gasteiger charge is -2.34. The molecule has 0 aromatic carbocycles. The van der Waals surface area contributed by atoms with Crippen molar-refractivity contribution in [1.82, 2.24) is 20.1 Å². The molecule has 3 heterocycles. The van der Waals surface area contributed by atoms with Crippen molar-refractivity contribution in [3.8, 4) is 0 Å². The van der Waals surface area contributed by atoms with E-state index in [9.17, 15) is 0 Å². The summed E-state index contributed by atoms with van der Waals surface area (Å²) in [6.45, 7) is 7.66.